The molecule has 7 nitrogen and oxygen atoms in total. The Balaban J connectivity index is 1.32. The summed E-state index contributed by atoms with van der Waals surface area (Å²) < 4.78 is 1.71. The van der Waals surface area contributed by atoms with Gasteiger partial charge in [0.05, 0.1) is 17.4 Å². The van der Waals surface area contributed by atoms with Gasteiger partial charge in [-0.05, 0) is 55.9 Å². The van der Waals surface area contributed by atoms with Gasteiger partial charge in [0, 0.05) is 18.5 Å². The van der Waals surface area contributed by atoms with E-state index < -0.39 is 0 Å². The minimum atomic E-state index is -0.0459. The van der Waals surface area contributed by atoms with Crippen LogP contribution in [-0.4, -0.2) is 30.9 Å². The topological polar surface area (TPSA) is 88.5 Å². The van der Waals surface area contributed by atoms with E-state index in [1.165, 1.54) is 30.4 Å². The number of hydrogen-bond acceptors (Lipinski definition) is 4. The lowest BCUT2D eigenvalue weighted by Crippen LogP contribution is -2.27. The molecule has 1 aromatic carbocycles. The largest absolute Gasteiger partial charge is 0.350 e. The van der Waals surface area contributed by atoms with E-state index in [0.29, 0.717) is 12.8 Å². The zero-order valence-electron chi connectivity index (χ0n) is 15.5. The molecule has 2 heterocycles. The average Bonchev–Trinajstić information content (AvgIpc) is 3.37. The van der Waals surface area contributed by atoms with Gasteiger partial charge in [0.2, 0.25) is 5.91 Å². The number of nitrogens with zero attached hydrogens (tertiary/aromatic N) is 4. The van der Waals surface area contributed by atoms with Gasteiger partial charge in [0.1, 0.15) is 12.7 Å². The summed E-state index contributed by atoms with van der Waals surface area (Å²) in [5, 5.41) is 14.8. The van der Waals surface area contributed by atoms with Crippen LogP contribution in [0.1, 0.15) is 54.7 Å². The molecule has 2 N–H and O–H groups in total. The Kier molecular flexibility index (Phi) is 5.00. The molecule has 140 valence electrons. The number of aromatic amines is 1. The van der Waals surface area contributed by atoms with Crippen molar-refractivity contribution in [3.63, 3.8) is 0 Å². The van der Waals surface area contributed by atoms with E-state index in [-0.39, 0.29) is 11.9 Å². The molecule has 0 unspecified atom stereocenters. The molecule has 3 aromatic rings. The van der Waals surface area contributed by atoms with E-state index in [9.17, 15) is 4.79 Å². The Morgan fingerprint density at radius 1 is 1.26 bits per heavy atom. The van der Waals surface area contributed by atoms with E-state index in [4.69, 9.17) is 0 Å². The van der Waals surface area contributed by atoms with Crippen LogP contribution in [0, 0.1) is 0 Å². The molecule has 27 heavy (non-hydrogen) atoms. The van der Waals surface area contributed by atoms with E-state index in [2.05, 4.69) is 25.6 Å². The second-order valence-corrected chi connectivity index (χ2v) is 7.06. The lowest BCUT2D eigenvalue weighted by molar-refractivity contribution is -0.121. The third-order valence-electron chi connectivity index (χ3n) is 5.18. The first-order valence-electron chi connectivity index (χ1n) is 9.50. The van der Waals surface area contributed by atoms with Crippen molar-refractivity contribution in [3.8, 4) is 5.69 Å². The van der Waals surface area contributed by atoms with Crippen LogP contribution in [-0.2, 0) is 24.1 Å². The van der Waals surface area contributed by atoms with E-state index in [1.54, 1.807) is 11.0 Å². The maximum atomic E-state index is 12.4. The number of nitrogens with one attached hydrogen (secondary N) is 2. The highest BCUT2D eigenvalue weighted by molar-refractivity contribution is 5.76. The minimum absolute atomic E-state index is 0.0459. The number of rotatable bonds is 6. The quantitative estimate of drug-likeness (QED) is 0.704. The van der Waals surface area contributed by atoms with Gasteiger partial charge in [-0.25, -0.2) is 9.67 Å². The molecule has 0 saturated carbocycles. The highest BCUT2D eigenvalue weighted by Crippen LogP contribution is 2.23. The summed E-state index contributed by atoms with van der Waals surface area (Å²) in [6.07, 6.45) is 8.92. The summed E-state index contributed by atoms with van der Waals surface area (Å²) in [6, 6.07) is 7.92. The first kappa shape index (κ1) is 17.5. The first-order valence-corrected chi connectivity index (χ1v) is 9.50. The summed E-state index contributed by atoms with van der Waals surface area (Å²) in [7, 11) is 0. The second-order valence-electron chi connectivity index (χ2n) is 7.06. The predicted octanol–water partition coefficient (Wildman–Crippen LogP) is 2.68. The lowest BCUT2D eigenvalue weighted by Gasteiger charge is -2.15. The number of fused-ring (bicyclic) bond motifs is 1. The van der Waals surface area contributed by atoms with Crippen LogP contribution in [0.2, 0.25) is 0 Å². The van der Waals surface area contributed by atoms with Gasteiger partial charge in [-0.2, -0.15) is 10.2 Å². The normalized spacial score (nSPS) is 14.6. The molecular formula is C20H24N6O. The Labute approximate surface area is 158 Å². The molecule has 7 heteroatoms. The number of carbonyl (C=O) groups excluding carboxylic acids is 1. The second kappa shape index (κ2) is 7.73. The van der Waals surface area contributed by atoms with Crippen molar-refractivity contribution in [2.24, 2.45) is 0 Å². The van der Waals surface area contributed by atoms with Gasteiger partial charge in [-0.3, -0.25) is 9.89 Å². The van der Waals surface area contributed by atoms with Crippen molar-refractivity contribution in [2.75, 3.05) is 0 Å². The fourth-order valence-electron chi connectivity index (χ4n) is 3.64. The lowest BCUT2D eigenvalue weighted by atomic mass is 9.94. The van der Waals surface area contributed by atoms with Gasteiger partial charge in [0.15, 0.2) is 0 Å². The molecule has 1 aliphatic carbocycles. The Morgan fingerprint density at radius 3 is 2.85 bits per heavy atom. The molecular weight excluding hydrogens is 340 g/mol. The molecule has 1 amide bonds. The molecule has 4 rings (SSSR count). The van der Waals surface area contributed by atoms with Crippen LogP contribution in [0.5, 0.6) is 0 Å². The molecule has 0 saturated heterocycles. The van der Waals surface area contributed by atoms with Crippen molar-refractivity contribution < 1.29 is 4.79 Å². The van der Waals surface area contributed by atoms with Crippen LogP contribution >= 0.6 is 0 Å². The molecule has 2 aromatic heterocycles. The van der Waals surface area contributed by atoms with Gasteiger partial charge < -0.3 is 5.32 Å². The number of carbonyl (C=O) groups is 1. The van der Waals surface area contributed by atoms with Gasteiger partial charge in [-0.1, -0.05) is 12.1 Å². The molecule has 0 fully saturated rings. The fraction of sp³-hybridized carbons (Fsp3) is 0.400. The number of hydrogen-bond donors (Lipinski definition) is 2. The summed E-state index contributed by atoms with van der Waals surface area (Å²) in [6.45, 7) is 2.00. The van der Waals surface area contributed by atoms with Gasteiger partial charge in [0.25, 0.3) is 0 Å². The van der Waals surface area contributed by atoms with E-state index in [1.807, 2.05) is 31.2 Å². The van der Waals surface area contributed by atoms with Crippen LogP contribution in [0.3, 0.4) is 0 Å². The predicted molar refractivity (Wildman–Crippen MR) is 101 cm³/mol. The molecule has 1 atom stereocenters. The smallest absolute Gasteiger partial charge is 0.220 e. The van der Waals surface area contributed by atoms with Crippen molar-refractivity contribution in [2.45, 2.75) is 51.5 Å². The van der Waals surface area contributed by atoms with Crippen LogP contribution in [0.4, 0.5) is 0 Å². The van der Waals surface area contributed by atoms with E-state index >= 15 is 0 Å². The fourth-order valence-corrected chi connectivity index (χ4v) is 3.64. The number of benzene rings is 1. The van der Waals surface area contributed by atoms with Crippen LogP contribution in [0.15, 0.2) is 36.9 Å². The van der Waals surface area contributed by atoms with Crippen molar-refractivity contribution in [1.29, 1.82) is 0 Å². The Bertz CT molecular complexity index is 897. The van der Waals surface area contributed by atoms with Crippen molar-refractivity contribution in [3.05, 3.63) is 59.4 Å². The zero-order valence-corrected chi connectivity index (χ0v) is 15.5. The standard InChI is InChI=1S/C20H24N6O/c1-14(15-6-8-16(9-7-15)26-13-21-12-22-26)23-20(27)11-10-19-17-4-2-3-5-18(17)24-25-19/h6-9,12-14H,2-5,10-11H2,1H3,(H,23,27)(H,24,25)/t14-/m1/s1. The maximum Gasteiger partial charge on any atom is 0.220 e. The number of aryl methyl sites for hydroxylation is 2. The number of aromatic nitrogens is 5. The summed E-state index contributed by atoms with van der Waals surface area (Å²) in [4.78, 5) is 16.3. The van der Waals surface area contributed by atoms with Crippen molar-refractivity contribution >= 4 is 5.91 Å². The maximum absolute atomic E-state index is 12.4. The first-order chi connectivity index (χ1) is 13.2. The minimum Gasteiger partial charge on any atom is -0.350 e. The molecule has 0 spiro atoms. The highest BCUT2D eigenvalue weighted by Gasteiger charge is 2.18. The molecule has 0 bridgehead atoms. The van der Waals surface area contributed by atoms with Crippen molar-refractivity contribution in [1.82, 2.24) is 30.3 Å². The van der Waals surface area contributed by atoms with Gasteiger partial charge in [-0.15, -0.1) is 0 Å². The number of H-pyrrole nitrogens is 1. The van der Waals surface area contributed by atoms with Crippen LogP contribution in [0.25, 0.3) is 5.69 Å². The molecule has 1 aliphatic rings. The van der Waals surface area contributed by atoms with Gasteiger partial charge >= 0.3 is 0 Å². The molecule has 0 radical (unpaired) electrons. The summed E-state index contributed by atoms with van der Waals surface area (Å²) >= 11 is 0. The monoisotopic (exact) mass is 364 g/mol. The summed E-state index contributed by atoms with van der Waals surface area (Å²) in [5.41, 5.74) is 5.66. The van der Waals surface area contributed by atoms with Crippen LogP contribution < -0.4 is 5.32 Å². The average molecular weight is 364 g/mol. The third-order valence-corrected chi connectivity index (χ3v) is 5.18. The Hall–Kier alpha value is -2.96. The highest BCUT2D eigenvalue weighted by atomic mass is 16.1. The number of amides is 1. The Morgan fingerprint density at radius 2 is 2.07 bits per heavy atom. The third kappa shape index (κ3) is 3.92. The SMILES string of the molecule is C[C@@H](NC(=O)CCc1n[nH]c2c1CCCC2)c1ccc(-n2cncn2)cc1. The summed E-state index contributed by atoms with van der Waals surface area (Å²) in [5.74, 6) is 0.0513. The zero-order chi connectivity index (χ0) is 18.6. The molecule has 0 aliphatic heterocycles. The van der Waals surface area contributed by atoms with E-state index in [0.717, 1.165) is 29.8 Å².